The Kier molecular flexibility index (Phi) is 2.20. The van der Waals surface area contributed by atoms with Crippen molar-refractivity contribution in [3.05, 3.63) is 6.20 Å². The van der Waals surface area contributed by atoms with Gasteiger partial charge in [-0.05, 0) is 0 Å². The van der Waals surface area contributed by atoms with E-state index in [2.05, 4.69) is 8.75 Å². The van der Waals surface area contributed by atoms with E-state index < -0.39 is 0 Å². The zero-order valence-electron chi connectivity index (χ0n) is 6.34. The molecule has 1 aromatic rings. The molecular weight excluding hydrogens is 178 g/mol. The highest BCUT2D eigenvalue weighted by atomic mass is 32.1. The maximum atomic E-state index is 5.70. The van der Waals surface area contributed by atoms with E-state index in [0.29, 0.717) is 19.1 Å². The number of rotatable bonds is 2. The molecule has 12 heavy (non-hydrogen) atoms. The van der Waals surface area contributed by atoms with E-state index in [1.165, 1.54) is 0 Å². The molecule has 1 aliphatic rings. The third kappa shape index (κ3) is 1.55. The predicted molar refractivity (Wildman–Crippen MR) is 43.1 cm³/mol. The SMILES string of the molecule is NC1COCC1Oc1cnsn1. The van der Waals surface area contributed by atoms with Crippen LogP contribution in [0.15, 0.2) is 6.20 Å². The lowest BCUT2D eigenvalue weighted by atomic mass is 10.2. The lowest BCUT2D eigenvalue weighted by molar-refractivity contribution is 0.137. The van der Waals surface area contributed by atoms with Crippen molar-refractivity contribution in [2.75, 3.05) is 13.2 Å². The first-order valence-corrected chi connectivity index (χ1v) is 4.37. The van der Waals surface area contributed by atoms with Gasteiger partial charge in [0.15, 0.2) is 0 Å². The fraction of sp³-hybridized carbons (Fsp3) is 0.667. The van der Waals surface area contributed by atoms with Gasteiger partial charge in [0.05, 0.1) is 31.0 Å². The number of hydrogen-bond acceptors (Lipinski definition) is 6. The van der Waals surface area contributed by atoms with Gasteiger partial charge in [-0.3, -0.25) is 0 Å². The fourth-order valence-electron chi connectivity index (χ4n) is 1.04. The Labute approximate surface area is 73.8 Å². The van der Waals surface area contributed by atoms with Gasteiger partial charge in [0, 0.05) is 0 Å². The van der Waals surface area contributed by atoms with Crippen molar-refractivity contribution in [2.24, 2.45) is 5.73 Å². The van der Waals surface area contributed by atoms with Crippen molar-refractivity contribution in [3.8, 4) is 5.88 Å². The van der Waals surface area contributed by atoms with Gasteiger partial charge in [-0.1, -0.05) is 0 Å². The van der Waals surface area contributed by atoms with Gasteiger partial charge in [-0.15, -0.1) is 4.37 Å². The van der Waals surface area contributed by atoms with Gasteiger partial charge in [-0.2, -0.15) is 4.37 Å². The third-order valence-corrected chi connectivity index (χ3v) is 2.14. The lowest BCUT2D eigenvalue weighted by Gasteiger charge is -2.12. The summed E-state index contributed by atoms with van der Waals surface area (Å²) in [5.41, 5.74) is 5.70. The standard InChI is InChI=1S/C6H9N3O2S/c7-4-2-10-3-5(4)11-6-1-8-12-9-6/h1,4-5H,2-3,7H2. The number of aromatic nitrogens is 2. The molecule has 2 atom stereocenters. The van der Waals surface area contributed by atoms with Crippen LogP contribution in [0.1, 0.15) is 0 Å². The second-order valence-electron chi connectivity index (χ2n) is 2.60. The fourth-order valence-corrected chi connectivity index (χ4v) is 1.39. The summed E-state index contributed by atoms with van der Waals surface area (Å²) in [6.07, 6.45) is 1.50. The summed E-state index contributed by atoms with van der Waals surface area (Å²) in [7, 11) is 0. The Bertz CT molecular complexity index is 241. The second kappa shape index (κ2) is 3.34. The number of nitrogens with zero attached hydrogens (tertiary/aromatic N) is 2. The van der Waals surface area contributed by atoms with Crippen LogP contribution < -0.4 is 10.5 Å². The Morgan fingerprint density at radius 2 is 2.58 bits per heavy atom. The Hall–Kier alpha value is -0.720. The molecule has 1 fully saturated rings. The quantitative estimate of drug-likeness (QED) is 0.684. The molecule has 5 nitrogen and oxygen atoms in total. The largest absolute Gasteiger partial charge is 0.468 e. The van der Waals surface area contributed by atoms with Crippen molar-refractivity contribution >= 4 is 11.7 Å². The Morgan fingerprint density at radius 1 is 1.67 bits per heavy atom. The minimum Gasteiger partial charge on any atom is -0.468 e. The molecule has 0 aliphatic carbocycles. The highest BCUT2D eigenvalue weighted by Crippen LogP contribution is 2.13. The lowest BCUT2D eigenvalue weighted by Crippen LogP contribution is -2.37. The van der Waals surface area contributed by atoms with Crippen molar-refractivity contribution < 1.29 is 9.47 Å². The minimum atomic E-state index is -0.0751. The van der Waals surface area contributed by atoms with Crippen molar-refractivity contribution in [1.29, 1.82) is 0 Å². The number of ether oxygens (including phenoxy) is 2. The zero-order chi connectivity index (χ0) is 8.39. The van der Waals surface area contributed by atoms with Gasteiger partial charge < -0.3 is 15.2 Å². The van der Waals surface area contributed by atoms with Crippen LogP contribution in [0.2, 0.25) is 0 Å². The molecule has 0 radical (unpaired) electrons. The molecule has 0 bridgehead atoms. The smallest absolute Gasteiger partial charge is 0.246 e. The van der Waals surface area contributed by atoms with E-state index in [-0.39, 0.29) is 12.1 Å². The molecule has 6 heteroatoms. The van der Waals surface area contributed by atoms with Gasteiger partial charge >= 0.3 is 0 Å². The predicted octanol–water partition coefficient (Wildman–Crippen LogP) is -0.357. The molecule has 0 spiro atoms. The van der Waals surface area contributed by atoms with Gasteiger partial charge in [0.25, 0.3) is 0 Å². The van der Waals surface area contributed by atoms with Crippen LogP contribution in [0.25, 0.3) is 0 Å². The monoisotopic (exact) mass is 187 g/mol. The Morgan fingerprint density at radius 3 is 3.17 bits per heavy atom. The van der Waals surface area contributed by atoms with Gasteiger partial charge in [0.2, 0.25) is 5.88 Å². The molecule has 2 heterocycles. The molecule has 0 aromatic carbocycles. The summed E-state index contributed by atoms with van der Waals surface area (Å²) in [5, 5.41) is 0. The minimum absolute atomic E-state index is 0.0494. The van der Waals surface area contributed by atoms with E-state index >= 15 is 0 Å². The summed E-state index contributed by atoms with van der Waals surface area (Å²) in [4.78, 5) is 0. The average Bonchev–Trinajstić information content (AvgIpc) is 2.65. The van der Waals surface area contributed by atoms with Crippen LogP contribution in [-0.4, -0.2) is 34.1 Å². The summed E-state index contributed by atoms with van der Waals surface area (Å²) in [5.74, 6) is 0.533. The molecule has 2 rings (SSSR count). The first-order valence-electron chi connectivity index (χ1n) is 3.64. The molecule has 2 N–H and O–H groups in total. The summed E-state index contributed by atoms with van der Waals surface area (Å²) in [6.45, 7) is 1.10. The highest BCUT2D eigenvalue weighted by molar-refractivity contribution is 6.99. The molecule has 1 saturated heterocycles. The average molecular weight is 187 g/mol. The van der Waals surface area contributed by atoms with Crippen LogP contribution in [-0.2, 0) is 4.74 Å². The van der Waals surface area contributed by atoms with E-state index in [9.17, 15) is 0 Å². The van der Waals surface area contributed by atoms with Crippen LogP contribution in [0.4, 0.5) is 0 Å². The molecule has 1 aliphatic heterocycles. The van der Waals surface area contributed by atoms with Crippen LogP contribution in [0.5, 0.6) is 5.88 Å². The van der Waals surface area contributed by atoms with Crippen molar-refractivity contribution in [1.82, 2.24) is 8.75 Å². The zero-order valence-corrected chi connectivity index (χ0v) is 7.16. The molecular formula is C6H9N3O2S. The normalized spacial score (nSPS) is 29.1. The summed E-state index contributed by atoms with van der Waals surface area (Å²) >= 11 is 1.12. The maximum Gasteiger partial charge on any atom is 0.246 e. The molecule has 2 unspecified atom stereocenters. The first kappa shape index (κ1) is 7.90. The second-order valence-corrected chi connectivity index (χ2v) is 3.16. The molecule has 0 saturated carbocycles. The van der Waals surface area contributed by atoms with E-state index in [1.807, 2.05) is 0 Å². The summed E-state index contributed by atoms with van der Waals surface area (Å²) < 4.78 is 18.3. The van der Waals surface area contributed by atoms with Crippen LogP contribution in [0.3, 0.4) is 0 Å². The molecule has 1 aromatic heterocycles. The molecule has 66 valence electrons. The number of hydrogen-bond donors (Lipinski definition) is 1. The number of nitrogens with two attached hydrogens (primary N) is 1. The van der Waals surface area contributed by atoms with Crippen LogP contribution in [0, 0.1) is 0 Å². The van der Waals surface area contributed by atoms with E-state index in [1.54, 1.807) is 6.20 Å². The third-order valence-electron chi connectivity index (χ3n) is 1.68. The first-order chi connectivity index (χ1) is 5.86. The summed E-state index contributed by atoms with van der Waals surface area (Å²) in [6, 6.07) is -0.0494. The van der Waals surface area contributed by atoms with E-state index in [0.717, 1.165) is 11.7 Å². The van der Waals surface area contributed by atoms with Crippen molar-refractivity contribution in [3.63, 3.8) is 0 Å². The van der Waals surface area contributed by atoms with Gasteiger partial charge in [-0.25, -0.2) is 0 Å². The highest BCUT2D eigenvalue weighted by Gasteiger charge is 2.27. The topological polar surface area (TPSA) is 70.3 Å². The molecule has 0 amide bonds. The Balaban J connectivity index is 1.95. The van der Waals surface area contributed by atoms with Gasteiger partial charge in [0.1, 0.15) is 12.3 Å². The maximum absolute atomic E-state index is 5.70. The van der Waals surface area contributed by atoms with E-state index in [4.69, 9.17) is 15.2 Å². The van der Waals surface area contributed by atoms with Crippen LogP contribution >= 0.6 is 11.7 Å². The van der Waals surface area contributed by atoms with Crippen molar-refractivity contribution in [2.45, 2.75) is 12.1 Å².